The monoisotopic (exact) mass is 396 g/mol. The molecule has 27 heavy (non-hydrogen) atoms. The number of esters is 1. The Kier molecular flexibility index (Phi) is 7.32. The van der Waals surface area contributed by atoms with E-state index < -0.39 is 13.7 Å². The molecule has 0 heterocycles. The van der Waals surface area contributed by atoms with Gasteiger partial charge in [0, 0.05) is 6.42 Å². The van der Waals surface area contributed by atoms with Crippen molar-refractivity contribution in [3.05, 3.63) is 11.6 Å². The molecule has 0 saturated heterocycles. The summed E-state index contributed by atoms with van der Waals surface area (Å²) in [6.45, 7) is 21.2. The molecule has 0 amide bonds. The number of hydrogen-bond donors (Lipinski definition) is 0. The van der Waals surface area contributed by atoms with Crippen LogP contribution in [0.5, 0.6) is 0 Å². The van der Waals surface area contributed by atoms with Gasteiger partial charge in [-0.1, -0.05) is 46.3 Å². The zero-order chi connectivity index (χ0) is 21.3. The molecule has 1 unspecified atom stereocenters. The van der Waals surface area contributed by atoms with E-state index in [0.29, 0.717) is 19.4 Å². The predicted octanol–water partition coefficient (Wildman–Crippen LogP) is 5.67. The van der Waals surface area contributed by atoms with Gasteiger partial charge in [0.1, 0.15) is 5.78 Å². The molecule has 0 aromatic carbocycles. The van der Waals surface area contributed by atoms with E-state index in [4.69, 9.17) is 9.16 Å². The topological polar surface area (TPSA) is 52.6 Å². The minimum atomic E-state index is -1.92. The molecule has 0 saturated carbocycles. The van der Waals surface area contributed by atoms with Crippen LogP contribution in [-0.4, -0.2) is 32.8 Å². The average Bonchev–Trinajstić information content (AvgIpc) is 2.44. The van der Waals surface area contributed by atoms with Gasteiger partial charge in [-0.2, -0.15) is 0 Å². The van der Waals surface area contributed by atoms with Gasteiger partial charge in [-0.3, -0.25) is 4.79 Å². The van der Waals surface area contributed by atoms with Crippen molar-refractivity contribution in [2.45, 2.75) is 98.9 Å². The third-order valence-corrected chi connectivity index (χ3v) is 11.2. The highest BCUT2D eigenvalue weighted by Crippen LogP contribution is 2.55. The molecule has 0 radical (unpaired) electrons. The second-order valence-electron chi connectivity index (χ2n) is 10.2. The smallest absolute Gasteiger partial charge is 0.316 e. The molecule has 5 heteroatoms. The van der Waals surface area contributed by atoms with Crippen molar-refractivity contribution in [1.29, 1.82) is 0 Å². The van der Waals surface area contributed by atoms with Gasteiger partial charge >= 0.3 is 5.97 Å². The van der Waals surface area contributed by atoms with E-state index in [0.717, 1.165) is 12.0 Å². The number of ketones is 1. The van der Waals surface area contributed by atoms with Crippen molar-refractivity contribution in [3.63, 3.8) is 0 Å². The first-order chi connectivity index (χ1) is 12.1. The normalized spacial score (nSPS) is 25.7. The standard InChI is InChI=1S/C22H40O4Si/c1-11-25-19(24)22(13-12-17(3)23)16(2)14-18(15-21(22,7)8)26-27(9,10)20(4,5)6/h14,18H,11-13,15H2,1-10H3/t18?,22-/m1/s1. The van der Waals surface area contributed by atoms with E-state index in [9.17, 15) is 9.59 Å². The van der Waals surface area contributed by atoms with E-state index >= 15 is 0 Å². The van der Waals surface area contributed by atoms with Crippen LogP contribution in [0.1, 0.15) is 74.7 Å². The molecule has 0 aliphatic heterocycles. The molecule has 0 spiro atoms. The highest BCUT2D eigenvalue weighted by atomic mass is 28.4. The maximum Gasteiger partial charge on any atom is 0.316 e. The van der Waals surface area contributed by atoms with Gasteiger partial charge in [-0.25, -0.2) is 0 Å². The molecule has 0 fully saturated rings. The Bertz CT molecular complexity index is 598. The van der Waals surface area contributed by atoms with E-state index in [1.807, 2.05) is 13.8 Å². The molecule has 1 aliphatic carbocycles. The quantitative estimate of drug-likeness (QED) is 0.316. The van der Waals surface area contributed by atoms with Crippen molar-refractivity contribution in [2.75, 3.05) is 6.61 Å². The van der Waals surface area contributed by atoms with Crippen LogP contribution < -0.4 is 0 Å². The average molecular weight is 397 g/mol. The Morgan fingerprint density at radius 3 is 2.22 bits per heavy atom. The first kappa shape index (κ1) is 24.1. The van der Waals surface area contributed by atoms with Crippen molar-refractivity contribution in [2.24, 2.45) is 10.8 Å². The van der Waals surface area contributed by atoms with E-state index in [1.165, 1.54) is 0 Å². The molecule has 1 rings (SSSR count). The SMILES string of the molecule is CCOC(=O)[C@@]1(CCC(C)=O)C(C)=CC(O[Si](C)(C)C(C)(C)C)CC1(C)C. The molecule has 0 bridgehead atoms. The lowest BCUT2D eigenvalue weighted by molar-refractivity contribution is -0.163. The fraction of sp³-hybridized carbons (Fsp3) is 0.818. The van der Waals surface area contributed by atoms with Crippen LogP contribution in [0, 0.1) is 10.8 Å². The summed E-state index contributed by atoms with van der Waals surface area (Å²) < 4.78 is 12.1. The lowest BCUT2D eigenvalue weighted by Gasteiger charge is -2.51. The summed E-state index contributed by atoms with van der Waals surface area (Å²) >= 11 is 0. The maximum absolute atomic E-state index is 13.1. The van der Waals surface area contributed by atoms with Crippen LogP contribution in [0.25, 0.3) is 0 Å². The predicted molar refractivity (Wildman–Crippen MR) is 113 cm³/mol. The molecule has 1 aliphatic rings. The van der Waals surface area contributed by atoms with Crippen LogP contribution >= 0.6 is 0 Å². The van der Waals surface area contributed by atoms with E-state index in [2.05, 4.69) is 53.8 Å². The van der Waals surface area contributed by atoms with E-state index in [-0.39, 0.29) is 28.3 Å². The maximum atomic E-state index is 13.1. The number of carbonyl (C=O) groups excluding carboxylic acids is 2. The second kappa shape index (κ2) is 8.20. The molecule has 156 valence electrons. The molecule has 0 N–H and O–H groups in total. The molecular weight excluding hydrogens is 356 g/mol. The Morgan fingerprint density at radius 2 is 1.81 bits per heavy atom. The third-order valence-electron chi connectivity index (χ3n) is 6.70. The van der Waals surface area contributed by atoms with Gasteiger partial charge in [0.25, 0.3) is 0 Å². The van der Waals surface area contributed by atoms with Gasteiger partial charge < -0.3 is 14.0 Å². The fourth-order valence-electron chi connectivity index (χ4n) is 4.01. The molecular formula is C22H40O4Si. The minimum Gasteiger partial charge on any atom is -0.465 e. The molecule has 0 aromatic rings. The van der Waals surface area contributed by atoms with Crippen molar-refractivity contribution < 1.29 is 18.8 Å². The Labute approximate surface area is 167 Å². The first-order valence-corrected chi connectivity index (χ1v) is 13.0. The number of ether oxygens (including phenoxy) is 1. The summed E-state index contributed by atoms with van der Waals surface area (Å²) in [6.07, 6.45) is 3.71. The van der Waals surface area contributed by atoms with Gasteiger partial charge in [-0.05, 0) is 57.2 Å². The summed E-state index contributed by atoms with van der Waals surface area (Å²) in [6, 6.07) is 0. The van der Waals surface area contributed by atoms with Crippen LogP contribution in [0.2, 0.25) is 18.1 Å². The lowest BCUT2D eigenvalue weighted by Crippen LogP contribution is -2.53. The summed E-state index contributed by atoms with van der Waals surface area (Å²) in [7, 11) is -1.92. The summed E-state index contributed by atoms with van der Waals surface area (Å²) in [5.74, 6) is -0.113. The second-order valence-corrected chi connectivity index (χ2v) is 14.9. The van der Waals surface area contributed by atoms with Crippen molar-refractivity contribution in [1.82, 2.24) is 0 Å². The van der Waals surface area contributed by atoms with Crippen LogP contribution in [0.3, 0.4) is 0 Å². The molecule has 2 atom stereocenters. The summed E-state index contributed by atoms with van der Waals surface area (Å²) in [5, 5.41) is 0.128. The number of carbonyl (C=O) groups is 2. The van der Waals surface area contributed by atoms with E-state index in [1.54, 1.807) is 6.92 Å². The Hall–Kier alpha value is -0.943. The highest BCUT2D eigenvalue weighted by molar-refractivity contribution is 6.74. The highest BCUT2D eigenvalue weighted by Gasteiger charge is 2.56. The molecule has 0 aromatic heterocycles. The number of hydrogen-bond acceptors (Lipinski definition) is 4. The Balaban J connectivity index is 3.34. The minimum absolute atomic E-state index is 0.0132. The lowest BCUT2D eigenvalue weighted by atomic mass is 9.54. The van der Waals surface area contributed by atoms with Gasteiger partial charge in [0.2, 0.25) is 0 Å². The van der Waals surface area contributed by atoms with Crippen molar-refractivity contribution in [3.8, 4) is 0 Å². The first-order valence-electron chi connectivity index (χ1n) is 10.1. The number of Topliss-reactive ketones (excluding diaryl/α,β-unsaturated/α-hetero) is 1. The van der Waals surface area contributed by atoms with Crippen LogP contribution in [0.15, 0.2) is 11.6 Å². The van der Waals surface area contributed by atoms with Gasteiger partial charge in [0.15, 0.2) is 8.32 Å². The number of rotatable bonds is 7. The van der Waals surface area contributed by atoms with Crippen molar-refractivity contribution >= 4 is 20.1 Å². The largest absolute Gasteiger partial charge is 0.465 e. The van der Waals surface area contributed by atoms with Gasteiger partial charge in [-0.15, -0.1) is 0 Å². The summed E-state index contributed by atoms with van der Waals surface area (Å²) in [4.78, 5) is 24.8. The molecule has 4 nitrogen and oxygen atoms in total. The zero-order valence-electron chi connectivity index (χ0n) is 19.1. The van der Waals surface area contributed by atoms with Crippen LogP contribution in [-0.2, 0) is 18.8 Å². The fourth-order valence-corrected chi connectivity index (χ4v) is 5.28. The van der Waals surface area contributed by atoms with Crippen LogP contribution in [0.4, 0.5) is 0 Å². The zero-order valence-corrected chi connectivity index (χ0v) is 20.1. The third kappa shape index (κ3) is 4.92. The van der Waals surface area contributed by atoms with Gasteiger partial charge in [0.05, 0.1) is 18.1 Å². The summed E-state index contributed by atoms with van der Waals surface area (Å²) in [5.41, 5.74) is -0.162. The Morgan fingerprint density at radius 1 is 1.26 bits per heavy atom.